The quantitative estimate of drug-likeness (QED) is 0.256. The van der Waals surface area contributed by atoms with Crippen LogP contribution >= 0.6 is 11.8 Å². The Kier molecular flexibility index (Phi) is 11.2. The Morgan fingerprint density at radius 2 is 1.62 bits per heavy atom. The highest BCUT2D eigenvalue weighted by molar-refractivity contribution is 8.02. The Hall–Kier alpha value is -3.35. The topological polar surface area (TPSA) is 162 Å². The molecule has 1 fully saturated rings. The van der Waals surface area contributed by atoms with Gasteiger partial charge in [0.05, 0.1) is 10.8 Å². The van der Waals surface area contributed by atoms with E-state index in [-0.39, 0.29) is 54.4 Å². The SMILES string of the molecule is CC(=N)CC(=O)CCCC(=O)Cc1ccc(CC(NC(=O)[C@H]2N(S(=O)(=O)c3ccccc3)CSC2(C)C)C(=O)O)cc1. The summed E-state index contributed by atoms with van der Waals surface area (Å²) in [6, 6.07) is 12.2. The summed E-state index contributed by atoms with van der Waals surface area (Å²) in [6.45, 7) is 5.09. The summed E-state index contributed by atoms with van der Waals surface area (Å²) in [7, 11) is -4.00. The Morgan fingerprint density at radius 3 is 2.21 bits per heavy atom. The maximum Gasteiger partial charge on any atom is 0.326 e. The average Bonchev–Trinajstić information content (AvgIpc) is 3.25. The lowest BCUT2D eigenvalue weighted by atomic mass is 9.99. The number of carboxylic acid groups (broad SMARTS) is 1. The van der Waals surface area contributed by atoms with E-state index in [0.29, 0.717) is 17.7 Å². The van der Waals surface area contributed by atoms with Crippen LogP contribution in [0.5, 0.6) is 0 Å². The lowest BCUT2D eigenvalue weighted by Gasteiger charge is -2.31. The number of amides is 1. The number of hydrogen-bond acceptors (Lipinski definition) is 8. The second-order valence-corrected chi connectivity index (χ2v) is 14.5. The predicted octanol–water partition coefficient (Wildman–Crippen LogP) is 3.62. The number of nitrogens with one attached hydrogen (secondary N) is 2. The number of sulfonamides is 1. The van der Waals surface area contributed by atoms with Crippen molar-refractivity contribution in [1.29, 1.82) is 5.41 Å². The second kappa shape index (κ2) is 14.2. The van der Waals surface area contributed by atoms with Gasteiger partial charge in [0.1, 0.15) is 23.7 Å². The molecule has 10 nitrogen and oxygen atoms in total. The highest BCUT2D eigenvalue weighted by Gasteiger charge is 2.51. The molecule has 0 spiro atoms. The lowest BCUT2D eigenvalue weighted by molar-refractivity contribution is -0.142. The molecule has 1 saturated heterocycles. The summed E-state index contributed by atoms with van der Waals surface area (Å²) in [5.74, 6) is -1.96. The van der Waals surface area contributed by atoms with Gasteiger partial charge in [-0.25, -0.2) is 13.2 Å². The van der Waals surface area contributed by atoms with Crippen LogP contribution in [0, 0.1) is 5.41 Å². The van der Waals surface area contributed by atoms with Crippen molar-refractivity contribution >= 4 is 50.9 Å². The molecule has 1 aliphatic rings. The molecule has 3 N–H and O–H groups in total. The molecule has 3 rings (SSSR count). The van der Waals surface area contributed by atoms with Gasteiger partial charge in [0.15, 0.2) is 0 Å². The van der Waals surface area contributed by atoms with Crippen LogP contribution < -0.4 is 5.32 Å². The molecule has 0 bridgehead atoms. The van der Waals surface area contributed by atoms with Crippen LogP contribution in [-0.2, 0) is 42.0 Å². The number of aliphatic carboxylic acids is 1. The minimum absolute atomic E-state index is 0.0233. The van der Waals surface area contributed by atoms with Crippen LogP contribution in [0.1, 0.15) is 57.6 Å². The van der Waals surface area contributed by atoms with E-state index in [1.165, 1.54) is 23.9 Å². The first-order valence-electron chi connectivity index (χ1n) is 13.6. The number of carbonyl (C=O) groups is 4. The number of thioether (sulfide) groups is 1. The molecule has 1 aliphatic heterocycles. The van der Waals surface area contributed by atoms with E-state index < -0.39 is 38.7 Å². The van der Waals surface area contributed by atoms with E-state index >= 15 is 0 Å². The fraction of sp³-hybridized carbons (Fsp3) is 0.433. The fourth-order valence-corrected chi connectivity index (χ4v) is 7.97. The molecular weight excluding hydrogens is 578 g/mol. The van der Waals surface area contributed by atoms with E-state index in [2.05, 4.69) is 5.32 Å². The third-order valence-electron chi connectivity index (χ3n) is 6.96. The summed E-state index contributed by atoms with van der Waals surface area (Å²) in [6.07, 6.45) is 1.20. The Balaban J connectivity index is 1.63. The maximum atomic E-state index is 13.4. The van der Waals surface area contributed by atoms with Gasteiger partial charge in [-0.1, -0.05) is 42.5 Å². The van der Waals surface area contributed by atoms with Gasteiger partial charge < -0.3 is 15.8 Å². The number of nitrogens with zero attached hydrogens (tertiary/aromatic N) is 1. The number of rotatable bonds is 15. The molecule has 0 aliphatic carbocycles. The Bertz CT molecular complexity index is 1420. The van der Waals surface area contributed by atoms with E-state index in [1.807, 2.05) is 0 Å². The second-order valence-electron chi connectivity index (χ2n) is 11.0. The summed E-state index contributed by atoms with van der Waals surface area (Å²) in [4.78, 5) is 49.6. The van der Waals surface area contributed by atoms with Crippen molar-refractivity contribution in [1.82, 2.24) is 9.62 Å². The molecule has 12 heteroatoms. The van der Waals surface area contributed by atoms with Gasteiger partial charge in [-0.05, 0) is 50.5 Å². The molecule has 2 atom stereocenters. The van der Waals surface area contributed by atoms with Crippen molar-refractivity contribution < 1.29 is 32.7 Å². The molecule has 1 unspecified atom stereocenters. The molecule has 2 aromatic carbocycles. The largest absolute Gasteiger partial charge is 0.480 e. The summed E-state index contributed by atoms with van der Waals surface area (Å²) in [5.41, 5.74) is 1.67. The van der Waals surface area contributed by atoms with Gasteiger partial charge in [-0.3, -0.25) is 14.4 Å². The van der Waals surface area contributed by atoms with E-state index in [4.69, 9.17) is 5.41 Å². The van der Waals surface area contributed by atoms with Crippen molar-refractivity contribution in [3.63, 3.8) is 0 Å². The molecule has 0 saturated carbocycles. The zero-order valence-electron chi connectivity index (χ0n) is 24.0. The highest BCUT2D eigenvalue weighted by Crippen LogP contribution is 2.42. The Labute approximate surface area is 250 Å². The normalized spacial score (nSPS) is 17.4. The third kappa shape index (κ3) is 8.83. The number of carboxylic acids is 1. The lowest BCUT2D eigenvalue weighted by Crippen LogP contribution is -2.56. The van der Waals surface area contributed by atoms with Crippen LogP contribution in [0.3, 0.4) is 0 Å². The smallest absolute Gasteiger partial charge is 0.326 e. The number of hydrogen-bond donors (Lipinski definition) is 3. The third-order valence-corrected chi connectivity index (χ3v) is 10.3. The van der Waals surface area contributed by atoms with Crippen molar-refractivity contribution in [3.8, 4) is 0 Å². The van der Waals surface area contributed by atoms with Crippen LogP contribution in [0.4, 0.5) is 0 Å². The summed E-state index contributed by atoms with van der Waals surface area (Å²) in [5, 5.41) is 19.8. The van der Waals surface area contributed by atoms with E-state index in [0.717, 1.165) is 9.87 Å². The van der Waals surface area contributed by atoms with Gasteiger partial charge in [0.25, 0.3) is 0 Å². The van der Waals surface area contributed by atoms with Crippen LogP contribution in [-0.4, -0.2) is 69.7 Å². The first-order valence-corrected chi connectivity index (χ1v) is 16.0. The summed E-state index contributed by atoms with van der Waals surface area (Å²) >= 11 is 1.31. The van der Waals surface area contributed by atoms with Crippen LogP contribution in [0.25, 0.3) is 0 Å². The van der Waals surface area contributed by atoms with E-state index in [1.54, 1.807) is 63.2 Å². The molecule has 2 aromatic rings. The number of ketones is 2. The standard InChI is InChI=1S/C30H37N3O7S2/c1-20(31)16-23(34)8-7-9-24(35)17-21-12-14-22(15-13-21)18-26(29(37)38)32-28(36)27-30(2,3)41-19-33(27)42(39,40)25-10-5-4-6-11-25/h4-6,10-15,26-27,31H,7-9,16-19H2,1-3H3,(H,32,36)(H,37,38)/t26?,27-/m1/s1. The van der Waals surface area contributed by atoms with E-state index in [9.17, 15) is 32.7 Å². The van der Waals surface area contributed by atoms with Crippen LogP contribution in [0.2, 0.25) is 0 Å². The zero-order valence-corrected chi connectivity index (χ0v) is 25.6. The molecule has 226 valence electrons. The van der Waals surface area contributed by atoms with Crippen LogP contribution in [0.15, 0.2) is 59.5 Å². The van der Waals surface area contributed by atoms with Gasteiger partial charge in [-0.2, -0.15) is 4.31 Å². The monoisotopic (exact) mass is 615 g/mol. The number of Topliss-reactive ketones (excluding diaryl/α,β-unsaturated/α-hetero) is 2. The Morgan fingerprint density at radius 1 is 1.02 bits per heavy atom. The molecular formula is C30H37N3O7S2. The minimum Gasteiger partial charge on any atom is -0.480 e. The maximum absolute atomic E-state index is 13.4. The van der Waals surface area contributed by atoms with Crippen molar-refractivity contribution in [2.45, 2.75) is 81.0 Å². The van der Waals surface area contributed by atoms with Gasteiger partial charge in [0, 0.05) is 42.6 Å². The number of carbonyl (C=O) groups excluding carboxylic acids is 3. The van der Waals surface area contributed by atoms with Gasteiger partial charge in [0.2, 0.25) is 15.9 Å². The van der Waals surface area contributed by atoms with Gasteiger partial charge >= 0.3 is 5.97 Å². The molecule has 1 amide bonds. The first kappa shape index (κ1) is 33.2. The van der Waals surface area contributed by atoms with Crippen molar-refractivity contribution in [2.24, 2.45) is 0 Å². The number of benzene rings is 2. The molecule has 42 heavy (non-hydrogen) atoms. The predicted molar refractivity (Wildman–Crippen MR) is 161 cm³/mol. The van der Waals surface area contributed by atoms with Crippen molar-refractivity contribution in [2.75, 3.05) is 5.88 Å². The van der Waals surface area contributed by atoms with Gasteiger partial charge in [-0.15, -0.1) is 11.8 Å². The average molecular weight is 616 g/mol. The first-order chi connectivity index (χ1) is 19.7. The van der Waals surface area contributed by atoms with Crippen molar-refractivity contribution in [3.05, 3.63) is 65.7 Å². The summed E-state index contributed by atoms with van der Waals surface area (Å²) < 4.78 is 27.0. The fourth-order valence-electron chi connectivity index (χ4n) is 4.78. The molecule has 0 radical (unpaired) electrons. The highest BCUT2D eigenvalue weighted by atomic mass is 32.2. The zero-order chi connectivity index (χ0) is 31.1. The minimum atomic E-state index is -4.00. The molecule has 0 aromatic heterocycles. The molecule has 1 heterocycles.